The van der Waals surface area contributed by atoms with Gasteiger partial charge in [0.2, 0.25) is 0 Å². The number of aryl methyl sites for hydroxylation is 1. The van der Waals surface area contributed by atoms with Gasteiger partial charge in [-0.1, -0.05) is 0 Å². The van der Waals surface area contributed by atoms with Crippen LogP contribution in [0.3, 0.4) is 0 Å². The Morgan fingerprint density at radius 3 is 2.69 bits per heavy atom. The van der Waals surface area contributed by atoms with Gasteiger partial charge < -0.3 is 10.1 Å². The van der Waals surface area contributed by atoms with Gasteiger partial charge >= 0.3 is 0 Å². The van der Waals surface area contributed by atoms with Gasteiger partial charge in [0.15, 0.2) is 0 Å². The number of hydrogen-bond acceptors (Lipinski definition) is 3. The van der Waals surface area contributed by atoms with Crippen molar-refractivity contribution in [3.63, 3.8) is 0 Å². The summed E-state index contributed by atoms with van der Waals surface area (Å²) < 4.78 is 7.70. The highest BCUT2D eigenvalue weighted by Crippen LogP contribution is 2.27. The zero-order chi connectivity index (χ0) is 11.6. The molecule has 0 amide bonds. The van der Waals surface area contributed by atoms with Crippen LogP contribution in [0.4, 0.5) is 0 Å². The Bertz CT molecular complexity index is 353. The van der Waals surface area contributed by atoms with E-state index in [-0.39, 0.29) is 5.60 Å². The first-order valence-electron chi connectivity index (χ1n) is 5.90. The van der Waals surface area contributed by atoms with Gasteiger partial charge in [0, 0.05) is 26.3 Å². The molecule has 0 aromatic carbocycles. The largest absolute Gasteiger partial charge is 0.378 e. The molecule has 1 aliphatic rings. The number of aromatic nitrogens is 2. The Balaban J connectivity index is 2.14. The van der Waals surface area contributed by atoms with Crippen LogP contribution in [0.25, 0.3) is 0 Å². The Kier molecular flexibility index (Phi) is 3.30. The topological polar surface area (TPSA) is 39.1 Å². The van der Waals surface area contributed by atoms with Crippen LogP contribution in [0.1, 0.15) is 24.1 Å². The smallest absolute Gasteiger partial charge is 0.0744 e. The number of ether oxygens (including phenoxy) is 1. The molecule has 1 aromatic heterocycles. The minimum absolute atomic E-state index is 0.0129. The Morgan fingerprint density at radius 1 is 1.50 bits per heavy atom. The second kappa shape index (κ2) is 4.55. The molecule has 1 saturated heterocycles. The molecule has 0 spiro atoms. The minimum atomic E-state index is 0.0129. The third-order valence-corrected chi connectivity index (χ3v) is 3.80. The Hall–Kier alpha value is -0.870. The molecule has 0 radical (unpaired) electrons. The van der Waals surface area contributed by atoms with E-state index in [1.807, 2.05) is 25.0 Å². The fourth-order valence-corrected chi connectivity index (χ4v) is 2.40. The number of rotatable bonds is 3. The summed E-state index contributed by atoms with van der Waals surface area (Å²) in [4.78, 5) is 0. The average Bonchev–Trinajstić information content (AvgIpc) is 2.62. The fourth-order valence-electron chi connectivity index (χ4n) is 2.40. The fraction of sp³-hybridized carbons (Fsp3) is 0.750. The van der Waals surface area contributed by atoms with E-state index >= 15 is 0 Å². The van der Waals surface area contributed by atoms with E-state index in [0.717, 1.165) is 32.4 Å². The summed E-state index contributed by atoms with van der Waals surface area (Å²) in [6.07, 6.45) is 5.11. The van der Waals surface area contributed by atoms with E-state index in [2.05, 4.69) is 17.3 Å². The van der Waals surface area contributed by atoms with Crippen LogP contribution in [0.2, 0.25) is 0 Å². The van der Waals surface area contributed by atoms with Crippen LogP contribution >= 0.6 is 0 Å². The van der Waals surface area contributed by atoms with Crippen LogP contribution in [0.15, 0.2) is 6.20 Å². The quantitative estimate of drug-likeness (QED) is 0.832. The van der Waals surface area contributed by atoms with E-state index in [0.29, 0.717) is 0 Å². The Morgan fingerprint density at radius 2 is 2.19 bits per heavy atom. The average molecular weight is 223 g/mol. The van der Waals surface area contributed by atoms with Crippen molar-refractivity contribution in [3.8, 4) is 0 Å². The molecule has 1 aliphatic heterocycles. The van der Waals surface area contributed by atoms with E-state index in [4.69, 9.17) is 4.74 Å². The molecule has 2 rings (SSSR count). The maximum atomic E-state index is 5.77. The molecule has 4 nitrogen and oxygen atoms in total. The summed E-state index contributed by atoms with van der Waals surface area (Å²) in [5.41, 5.74) is 2.57. The first kappa shape index (κ1) is 11.6. The zero-order valence-corrected chi connectivity index (χ0v) is 10.4. The molecule has 1 aromatic rings. The molecule has 0 aliphatic carbocycles. The molecule has 0 atom stereocenters. The first-order chi connectivity index (χ1) is 7.67. The molecule has 0 bridgehead atoms. The summed E-state index contributed by atoms with van der Waals surface area (Å²) in [5.74, 6) is 0. The van der Waals surface area contributed by atoms with E-state index < -0.39 is 0 Å². The van der Waals surface area contributed by atoms with Gasteiger partial charge in [-0.3, -0.25) is 4.68 Å². The monoisotopic (exact) mass is 223 g/mol. The summed E-state index contributed by atoms with van der Waals surface area (Å²) in [7, 11) is 3.82. The highest BCUT2D eigenvalue weighted by molar-refractivity contribution is 5.19. The van der Waals surface area contributed by atoms with Gasteiger partial charge in [-0.05, 0) is 38.4 Å². The second-order valence-corrected chi connectivity index (χ2v) is 4.69. The number of methoxy groups -OCH3 is 1. The van der Waals surface area contributed by atoms with Crippen molar-refractivity contribution < 1.29 is 4.74 Å². The van der Waals surface area contributed by atoms with Crippen LogP contribution in [-0.4, -0.2) is 35.6 Å². The summed E-state index contributed by atoms with van der Waals surface area (Å²) in [5, 5.41) is 7.67. The molecule has 90 valence electrons. The lowest BCUT2D eigenvalue weighted by Crippen LogP contribution is -2.45. The molecule has 0 saturated carbocycles. The van der Waals surface area contributed by atoms with Crippen molar-refractivity contribution in [3.05, 3.63) is 17.5 Å². The third-order valence-electron chi connectivity index (χ3n) is 3.80. The lowest BCUT2D eigenvalue weighted by Gasteiger charge is -2.36. The molecule has 16 heavy (non-hydrogen) atoms. The maximum Gasteiger partial charge on any atom is 0.0744 e. The summed E-state index contributed by atoms with van der Waals surface area (Å²) in [6, 6.07) is 0. The highest BCUT2D eigenvalue weighted by atomic mass is 16.5. The predicted molar refractivity (Wildman–Crippen MR) is 63.5 cm³/mol. The van der Waals surface area contributed by atoms with Gasteiger partial charge in [0.1, 0.15) is 0 Å². The molecule has 1 N–H and O–H groups in total. The van der Waals surface area contributed by atoms with Gasteiger partial charge in [-0.15, -0.1) is 0 Å². The predicted octanol–water partition coefficient (Wildman–Crippen LogP) is 1.04. The number of piperidine rings is 1. The van der Waals surface area contributed by atoms with Crippen molar-refractivity contribution >= 4 is 0 Å². The highest BCUT2D eigenvalue weighted by Gasteiger charge is 2.32. The second-order valence-electron chi connectivity index (χ2n) is 4.69. The van der Waals surface area contributed by atoms with Crippen molar-refractivity contribution in [2.75, 3.05) is 20.2 Å². The van der Waals surface area contributed by atoms with Gasteiger partial charge in [-0.2, -0.15) is 5.10 Å². The number of nitrogens with one attached hydrogen (secondary N) is 1. The minimum Gasteiger partial charge on any atom is -0.378 e. The van der Waals surface area contributed by atoms with Crippen molar-refractivity contribution in [2.45, 2.75) is 31.8 Å². The van der Waals surface area contributed by atoms with Gasteiger partial charge in [0.25, 0.3) is 0 Å². The lowest BCUT2D eigenvalue weighted by atomic mass is 9.86. The Labute approximate surface area is 97.0 Å². The maximum absolute atomic E-state index is 5.77. The van der Waals surface area contributed by atoms with Crippen LogP contribution in [0, 0.1) is 6.92 Å². The van der Waals surface area contributed by atoms with Crippen molar-refractivity contribution in [1.82, 2.24) is 15.1 Å². The molecule has 0 unspecified atom stereocenters. The van der Waals surface area contributed by atoms with Gasteiger partial charge in [0.05, 0.1) is 11.8 Å². The summed E-state index contributed by atoms with van der Waals surface area (Å²) >= 11 is 0. The SMILES string of the molecule is COC1(Cc2cnn(C)c2C)CCNCC1. The van der Waals surface area contributed by atoms with E-state index in [1.54, 1.807) is 0 Å². The molecular formula is C12H21N3O. The number of hydrogen-bond donors (Lipinski definition) is 1. The lowest BCUT2D eigenvalue weighted by molar-refractivity contribution is -0.0334. The molecule has 4 heteroatoms. The standard InChI is InChI=1S/C12H21N3O/c1-10-11(9-14-15(10)2)8-12(16-3)4-6-13-7-5-12/h9,13H,4-8H2,1-3H3. The van der Waals surface area contributed by atoms with Crippen molar-refractivity contribution in [2.24, 2.45) is 7.05 Å². The summed E-state index contributed by atoms with van der Waals surface area (Å²) in [6.45, 7) is 4.22. The zero-order valence-electron chi connectivity index (χ0n) is 10.4. The van der Waals surface area contributed by atoms with E-state index in [9.17, 15) is 0 Å². The van der Waals surface area contributed by atoms with Crippen LogP contribution in [-0.2, 0) is 18.2 Å². The van der Waals surface area contributed by atoms with Crippen LogP contribution in [0.5, 0.6) is 0 Å². The van der Waals surface area contributed by atoms with E-state index in [1.165, 1.54) is 11.3 Å². The van der Waals surface area contributed by atoms with Crippen molar-refractivity contribution in [1.29, 1.82) is 0 Å². The molecule has 1 fully saturated rings. The third kappa shape index (κ3) is 2.13. The number of nitrogens with zero attached hydrogens (tertiary/aromatic N) is 2. The first-order valence-corrected chi connectivity index (χ1v) is 5.90. The van der Waals surface area contributed by atoms with Crippen LogP contribution < -0.4 is 5.32 Å². The molecule has 2 heterocycles. The van der Waals surface area contributed by atoms with Gasteiger partial charge in [-0.25, -0.2) is 0 Å². The molecular weight excluding hydrogens is 202 g/mol. The normalized spacial score (nSPS) is 19.9.